The Kier molecular flexibility index (Phi) is 5.08. The van der Waals surface area contributed by atoms with Crippen molar-refractivity contribution in [3.8, 4) is 5.75 Å². The van der Waals surface area contributed by atoms with Crippen molar-refractivity contribution in [3.63, 3.8) is 0 Å². The van der Waals surface area contributed by atoms with Crippen LogP contribution in [0.3, 0.4) is 0 Å². The molecule has 0 aliphatic heterocycles. The Hall–Kier alpha value is -2.29. The van der Waals surface area contributed by atoms with Crippen LogP contribution in [0.25, 0.3) is 0 Å². The highest BCUT2D eigenvalue weighted by atomic mass is 16.5. The zero-order valence-corrected chi connectivity index (χ0v) is 17.8. The summed E-state index contributed by atoms with van der Waals surface area (Å²) in [6.45, 7) is 2.38. The van der Waals surface area contributed by atoms with E-state index >= 15 is 0 Å². The number of benzene rings is 2. The van der Waals surface area contributed by atoms with Gasteiger partial charge in [0.1, 0.15) is 11.9 Å². The summed E-state index contributed by atoms with van der Waals surface area (Å²) in [4.78, 5) is 12.6. The summed E-state index contributed by atoms with van der Waals surface area (Å²) in [5, 5.41) is 9.86. The van der Waals surface area contributed by atoms with Gasteiger partial charge in [0.25, 0.3) is 0 Å². The standard InChI is InChI=1S/C27H32O3/c1-27-16-15-22-21-11-9-20(28)17-19(21)8-10-23(22)24(27)12-13-25(27)30-26(29)14-7-18-5-3-2-4-6-18/h2-6,9,11,17,22-25,28H,7-8,10,12-16H2,1H3/t22-,23+,24-,25+,27+/m1/s1. The maximum atomic E-state index is 12.6. The van der Waals surface area contributed by atoms with Gasteiger partial charge in [-0.05, 0) is 91.5 Å². The number of aromatic hydroxyl groups is 1. The van der Waals surface area contributed by atoms with E-state index in [1.807, 2.05) is 30.3 Å². The smallest absolute Gasteiger partial charge is 0.306 e. The highest BCUT2D eigenvalue weighted by Crippen LogP contribution is 2.61. The first kappa shape index (κ1) is 19.7. The molecule has 0 saturated heterocycles. The van der Waals surface area contributed by atoms with Crippen LogP contribution in [0, 0.1) is 17.3 Å². The van der Waals surface area contributed by atoms with Crippen LogP contribution in [-0.2, 0) is 22.4 Å². The van der Waals surface area contributed by atoms with Crippen LogP contribution < -0.4 is 0 Å². The number of phenols is 1. The van der Waals surface area contributed by atoms with Gasteiger partial charge in [0, 0.05) is 11.8 Å². The van der Waals surface area contributed by atoms with Crippen molar-refractivity contribution in [2.75, 3.05) is 0 Å². The molecule has 2 aromatic rings. The van der Waals surface area contributed by atoms with Gasteiger partial charge in [0.05, 0.1) is 0 Å². The molecule has 0 bridgehead atoms. The summed E-state index contributed by atoms with van der Waals surface area (Å²) >= 11 is 0. The normalized spacial score (nSPS) is 32.0. The molecular weight excluding hydrogens is 372 g/mol. The van der Waals surface area contributed by atoms with Crippen molar-refractivity contribution in [2.24, 2.45) is 17.3 Å². The van der Waals surface area contributed by atoms with Crippen LogP contribution >= 0.6 is 0 Å². The molecule has 0 amide bonds. The van der Waals surface area contributed by atoms with Gasteiger partial charge in [-0.1, -0.05) is 43.3 Å². The average molecular weight is 405 g/mol. The first-order valence-corrected chi connectivity index (χ1v) is 11.6. The Balaban J connectivity index is 1.26. The van der Waals surface area contributed by atoms with Gasteiger partial charge in [0.15, 0.2) is 0 Å². The molecule has 2 saturated carbocycles. The van der Waals surface area contributed by atoms with Gasteiger partial charge in [0.2, 0.25) is 0 Å². The second kappa shape index (κ2) is 7.76. The van der Waals surface area contributed by atoms with Crippen molar-refractivity contribution < 1.29 is 14.6 Å². The van der Waals surface area contributed by atoms with Crippen molar-refractivity contribution >= 4 is 5.97 Å². The number of fused-ring (bicyclic) bond motifs is 5. The van der Waals surface area contributed by atoms with Crippen molar-refractivity contribution in [3.05, 3.63) is 65.2 Å². The molecule has 2 fully saturated rings. The second-order valence-corrected chi connectivity index (χ2v) is 9.88. The third kappa shape index (κ3) is 3.42. The average Bonchev–Trinajstić information content (AvgIpc) is 3.09. The molecule has 2 aromatic carbocycles. The van der Waals surface area contributed by atoms with Crippen molar-refractivity contribution in [1.29, 1.82) is 0 Å². The molecule has 0 unspecified atom stereocenters. The van der Waals surface area contributed by atoms with Gasteiger partial charge >= 0.3 is 5.97 Å². The SMILES string of the molecule is C[C@]12CC[C@@H]3c4ccc(O)cc4CC[C@@H]3[C@H]1CC[C@@H]2OC(=O)CCc1ccccc1. The molecule has 30 heavy (non-hydrogen) atoms. The quantitative estimate of drug-likeness (QED) is 0.656. The number of aryl methyl sites for hydroxylation is 2. The maximum absolute atomic E-state index is 12.6. The minimum absolute atomic E-state index is 0.0442. The van der Waals surface area contributed by atoms with Crippen molar-refractivity contribution in [2.45, 2.75) is 70.3 Å². The predicted octanol–water partition coefficient (Wildman–Crippen LogP) is 5.79. The molecule has 3 heteroatoms. The van der Waals surface area contributed by atoms with E-state index in [0.717, 1.165) is 32.1 Å². The zero-order chi connectivity index (χ0) is 20.7. The van der Waals surface area contributed by atoms with Crippen molar-refractivity contribution in [1.82, 2.24) is 0 Å². The Labute approximate surface area is 179 Å². The summed E-state index contributed by atoms with van der Waals surface area (Å²) in [5.41, 5.74) is 4.09. The van der Waals surface area contributed by atoms with Gasteiger partial charge < -0.3 is 9.84 Å². The Bertz CT molecular complexity index is 921. The molecule has 158 valence electrons. The number of hydrogen-bond donors (Lipinski definition) is 1. The number of carbonyl (C=O) groups excluding carboxylic acids is 1. The predicted molar refractivity (Wildman–Crippen MR) is 117 cm³/mol. The highest BCUT2D eigenvalue weighted by Gasteiger charge is 2.56. The lowest BCUT2D eigenvalue weighted by atomic mass is 9.55. The van der Waals surface area contributed by atoms with Gasteiger partial charge in [-0.3, -0.25) is 4.79 Å². The van der Waals surface area contributed by atoms with Crippen LogP contribution in [0.15, 0.2) is 48.5 Å². The largest absolute Gasteiger partial charge is 0.508 e. The lowest BCUT2D eigenvalue weighted by molar-refractivity contribution is -0.157. The molecule has 0 heterocycles. The van der Waals surface area contributed by atoms with Crippen LogP contribution in [0.1, 0.15) is 68.1 Å². The number of phenolic OH excluding ortho intramolecular Hbond substituents is 1. The fraction of sp³-hybridized carbons (Fsp3) is 0.519. The van der Waals surface area contributed by atoms with E-state index in [1.54, 1.807) is 0 Å². The molecular formula is C27H32O3. The van der Waals surface area contributed by atoms with E-state index in [0.29, 0.717) is 29.9 Å². The molecule has 1 N–H and O–H groups in total. The molecule has 3 aliphatic carbocycles. The third-order valence-corrected chi connectivity index (χ3v) is 8.36. The minimum atomic E-state index is -0.0442. The second-order valence-electron chi connectivity index (χ2n) is 9.88. The van der Waals surface area contributed by atoms with E-state index in [9.17, 15) is 9.90 Å². The number of carbonyl (C=O) groups is 1. The number of hydrogen-bond acceptors (Lipinski definition) is 3. The molecule has 5 rings (SSSR count). The minimum Gasteiger partial charge on any atom is -0.508 e. The van der Waals surface area contributed by atoms with Gasteiger partial charge in [-0.25, -0.2) is 0 Å². The van der Waals surface area contributed by atoms with Gasteiger partial charge in [-0.15, -0.1) is 0 Å². The lowest BCUT2D eigenvalue weighted by Crippen LogP contribution is -2.45. The van der Waals surface area contributed by atoms with E-state index in [1.165, 1.54) is 29.5 Å². The molecule has 3 aliphatic rings. The Morgan fingerprint density at radius 1 is 1.10 bits per heavy atom. The van der Waals surface area contributed by atoms with E-state index < -0.39 is 0 Å². The van der Waals surface area contributed by atoms with E-state index in [-0.39, 0.29) is 17.5 Å². The first-order valence-electron chi connectivity index (χ1n) is 11.6. The lowest BCUT2D eigenvalue weighted by Gasteiger charge is -2.50. The first-order chi connectivity index (χ1) is 14.5. The van der Waals surface area contributed by atoms with Crippen LogP contribution in [0.4, 0.5) is 0 Å². The summed E-state index contributed by atoms with van der Waals surface area (Å²) < 4.78 is 6.10. The number of ether oxygens (including phenoxy) is 1. The Morgan fingerprint density at radius 2 is 1.93 bits per heavy atom. The zero-order valence-electron chi connectivity index (χ0n) is 17.8. The fourth-order valence-corrected chi connectivity index (χ4v) is 6.82. The van der Waals surface area contributed by atoms with Crippen LogP contribution in [-0.4, -0.2) is 17.2 Å². The molecule has 3 nitrogen and oxygen atoms in total. The molecule has 0 spiro atoms. The molecule has 0 radical (unpaired) electrons. The monoisotopic (exact) mass is 404 g/mol. The highest BCUT2D eigenvalue weighted by molar-refractivity contribution is 5.70. The summed E-state index contributed by atoms with van der Waals surface area (Å²) in [7, 11) is 0. The Morgan fingerprint density at radius 3 is 2.77 bits per heavy atom. The van der Waals surface area contributed by atoms with E-state index in [2.05, 4.69) is 25.1 Å². The topological polar surface area (TPSA) is 46.5 Å². The number of rotatable bonds is 4. The molecule has 5 atom stereocenters. The van der Waals surface area contributed by atoms with Gasteiger partial charge in [-0.2, -0.15) is 0 Å². The van der Waals surface area contributed by atoms with E-state index in [4.69, 9.17) is 4.74 Å². The maximum Gasteiger partial charge on any atom is 0.306 e. The third-order valence-electron chi connectivity index (χ3n) is 8.36. The van der Waals surface area contributed by atoms with Crippen LogP contribution in [0.2, 0.25) is 0 Å². The fourth-order valence-electron chi connectivity index (χ4n) is 6.82. The summed E-state index contributed by atoms with van der Waals surface area (Å²) in [6, 6.07) is 16.2. The van der Waals surface area contributed by atoms with Crippen LogP contribution in [0.5, 0.6) is 5.75 Å². The summed E-state index contributed by atoms with van der Waals surface area (Å²) in [6.07, 6.45) is 7.97. The summed E-state index contributed by atoms with van der Waals surface area (Å²) in [5.74, 6) is 2.24. The number of esters is 1. The molecule has 0 aromatic heterocycles.